The average Bonchev–Trinajstić information content (AvgIpc) is 2.44. The van der Waals surface area contributed by atoms with Crippen LogP contribution in [0.2, 0.25) is 0 Å². The number of methoxy groups -OCH3 is 2. The molecule has 0 unspecified atom stereocenters. The maximum absolute atomic E-state index is 11.7. The average molecular weight is 444 g/mol. The van der Waals surface area contributed by atoms with Crippen LogP contribution in [0.25, 0.3) is 6.08 Å². The van der Waals surface area contributed by atoms with Crippen molar-refractivity contribution in [2.75, 3.05) is 48.5 Å². The van der Waals surface area contributed by atoms with Crippen LogP contribution in [0.5, 0.6) is 17.2 Å². The fraction of sp³-hybridized carbons (Fsp3) is 0.438. The van der Waals surface area contributed by atoms with Gasteiger partial charge in [-0.15, -0.1) is 0 Å². The lowest BCUT2D eigenvalue weighted by molar-refractivity contribution is -0.870. The van der Waals surface area contributed by atoms with E-state index in [0.29, 0.717) is 12.2 Å². The van der Waals surface area contributed by atoms with Gasteiger partial charge in [0.25, 0.3) is 0 Å². The van der Waals surface area contributed by atoms with Gasteiger partial charge in [0.2, 0.25) is 5.75 Å². The summed E-state index contributed by atoms with van der Waals surface area (Å²) in [4.78, 5) is 11.7. The molecule has 0 aliphatic carbocycles. The highest BCUT2D eigenvalue weighted by atomic mass is 79.9. The molecule has 0 saturated carbocycles. The van der Waals surface area contributed by atoms with Crippen LogP contribution in [0.4, 0.5) is 0 Å². The largest absolute Gasteiger partial charge is 1.00 e. The van der Waals surface area contributed by atoms with Gasteiger partial charge in [-0.3, -0.25) is 0 Å². The first kappa shape index (κ1) is 31.9. The first-order valence-corrected chi connectivity index (χ1v) is 6.87. The molecule has 0 fully saturated rings. The normalized spacial score (nSPS) is 9.73. The van der Waals surface area contributed by atoms with Crippen molar-refractivity contribution in [3.63, 3.8) is 0 Å². The number of phenolic OH excluding ortho intramolecular Hbond substituents is 1. The molecule has 1 aromatic rings. The van der Waals surface area contributed by atoms with Crippen LogP contribution in [-0.4, -0.2) is 80.5 Å². The highest BCUT2D eigenvalue weighted by molar-refractivity contribution is 5.87. The molecule has 7 N–H and O–H groups in total. The molecule has 0 aliphatic rings. The summed E-state index contributed by atoms with van der Waals surface area (Å²) >= 11 is 0. The molecule has 154 valence electrons. The number of esters is 1. The standard InChI is InChI=1S/C16H23NO5.BrH.3H2O/c1-17(2,3)8-9-22-15(18)7-6-12-10-13(20-4)16(19)14(11-12)21-5;;;;/h6-7,10-11H,8-9H2,1-5H3;1H;3*1H2. The van der Waals surface area contributed by atoms with E-state index in [1.807, 2.05) is 21.1 Å². The number of carbonyl (C=O) groups is 1. The Morgan fingerprint density at radius 3 is 1.92 bits per heavy atom. The van der Waals surface area contributed by atoms with E-state index < -0.39 is 5.97 Å². The Kier molecular flexibility index (Phi) is 17.6. The van der Waals surface area contributed by atoms with Crippen molar-refractivity contribution in [1.29, 1.82) is 0 Å². The molecule has 0 radical (unpaired) electrons. The van der Waals surface area contributed by atoms with E-state index in [-0.39, 0.29) is 50.7 Å². The van der Waals surface area contributed by atoms with E-state index in [2.05, 4.69) is 0 Å². The van der Waals surface area contributed by atoms with Gasteiger partial charge in [-0.25, -0.2) is 4.79 Å². The number of rotatable bonds is 7. The fourth-order valence-electron chi connectivity index (χ4n) is 1.64. The number of aromatic hydroxyl groups is 1. The van der Waals surface area contributed by atoms with E-state index in [0.717, 1.165) is 11.0 Å². The number of hydrogen-bond donors (Lipinski definition) is 1. The molecule has 0 aliphatic heterocycles. The molecule has 0 bridgehead atoms. The number of benzene rings is 1. The van der Waals surface area contributed by atoms with Crippen molar-refractivity contribution in [1.82, 2.24) is 0 Å². The minimum Gasteiger partial charge on any atom is -1.00 e. The Bertz CT molecular complexity index is 533. The molecular formula is C16H30BrNO8. The molecule has 26 heavy (non-hydrogen) atoms. The zero-order chi connectivity index (χ0) is 16.8. The maximum atomic E-state index is 11.7. The molecular weight excluding hydrogens is 414 g/mol. The summed E-state index contributed by atoms with van der Waals surface area (Å²) in [7, 11) is 8.97. The van der Waals surface area contributed by atoms with Gasteiger partial charge in [-0.1, -0.05) is 0 Å². The Morgan fingerprint density at radius 1 is 1.08 bits per heavy atom. The first-order valence-electron chi connectivity index (χ1n) is 6.87. The molecule has 10 heteroatoms. The monoisotopic (exact) mass is 443 g/mol. The van der Waals surface area contributed by atoms with Crippen LogP contribution >= 0.6 is 0 Å². The van der Waals surface area contributed by atoms with Crippen LogP contribution in [0, 0.1) is 0 Å². The fourth-order valence-corrected chi connectivity index (χ4v) is 1.64. The molecule has 0 aromatic heterocycles. The van der Waals surface area contributed by atoms with Gasteiger partial charge in [0, 0.05) is 6.08 Å². The number of carbonyl (C=O) groups excluding carboxylic acids is 1. The quantitative estimate of drug-likeness (QED) is 0.259. The van der Waals surface area contributed by atoms with Gasteiger partial charge in [0.1, 0.15) is 13.2 Å². The molecule has 9 nitrogen and oxygen atoms in total. The van der Waals surface area contributed by atoms with Crippen molar-refractivity contribution in [3.8, 4) is 17.2 Å². The number of hydrogen-bond acceptors (Lipinski definition) is 5. The third kappa shape index (κ3) is 10.9. The Labute approximate surface area is 164 Å². The summed E-state index contributed by atoms with van der Waals surface area (Å²) in [5.41, 5.74) is 0.662. The van der Waals surface area contributed by atoms with Crippen molar-refractivity contribution >= 4 is 12.0 Å². The first-order chi connectivity index (χ1) is 10.3. The van der Waals surface area contributed by atoms with Gasteiger partial charge in [-0.05, 0) is 23.8 Å². The van der Waals surface area contributed by atoms with E-state index >= 15 is 0 Å². The van der Waals surface area contributed by atoms with Gasteiger partial charge in [0.05, 0.1) is 35.4 Å². The lowest BCUT2D eigenvalue weighted by atomic mass is 10.1. The summed E-state index contributed by atoms with van der Waals surface area (Å²) in [5, 5.41) is 9.82. The Hall–Kier alpha value is -1.85. The zero-order valence-corrected chi connectivity index (χ0v) is 17.2. The second-order valence-corrected chi connectivity index (χ2v) is 5.79. The summed E-state index contributed by atoms with van der Waals surface area (Å²) in [6.07, 6.45) is 2.92. The number of likely N-dealkylation sites (N-methyl/N-ethyl adjacent to an activating group) is 1. The highest BCUT2D eigenvalue weighted by Gasteiger charge is 2.11. The maximum Gasteiger partial charge on any atom is 0.330 e. The Balaban J connectivity index is -0.000000605. The summed E-state index contributed by atoms with van der Waals surface area (Å²) < 4.78 is 16.0. The van der Waals surface area contributed by atoms with Crippen molar-refractivity contribution in [2.24, 2.45) is 0 Å². The van der Waals surface area contributed by atoms with Gasteiger partial charge in [0.15, 0.2) is 11.5 Å². The number of phenols is 1. The lowest BCUT2D eigenvalue weighted by Crippen LogP contribution is -3.00. The molecule has 1 aromatic carbocycles. The van der Waals surface area contributed by atoms with Gasteiger partial charge in [-0.2, -0.15) is 0 Å². The zero-order valence-electron chi connectivity index (χ0n) is 15.6. The second-order valence-electron chi connectivity index (χ2n) is 5.79. The number of ether oxygens (including phenoxy) is 3. The topological polar surface area (TPSA) is 159 Å². The van der Waals surface area contributed by atoms with E-state index in [9.17, 15) is 9.90 Å². The van der Waals surface area contributed by atoms with Gasteiger partial charge >= 0.3 is 5.97 Å². The second kappa shape index (κ2) is 14.3. The Morgan fingerprint density at radius 2 is 1.54 bits per heavy atom. The number of nitrogens with zero attached hydrogens (tertiary/aromatic N) is 1. The molecule has 0 heterocycles. The summed E-state index contributed by atoms with van der Waals surface area (Å²) in [6, 6.07) is 3.21. The van der Waals surface area contributed by atoms with E-state index in [4.69, 9.17) is 14.2 Å². The van der Waals surface area contributed by atoms with Crippen LogP contribution in [0.3, 0.4) is 0 Å². The van der Waals surface area contributed by atoms with Crippen molar-refractivity contribution < 1.29 is 62.0 Å². The van der Waals surface area contributed by atoms with Crippen LogP contribution in [0.1, 0.15) is 5.56 Å². The van der Waals surface area contributed by atoms with Gasteiger partial charge < -0.3 is 57.2 Å². The number of halogens is 1. The highest BCUT2D eigenvalue weighted by Crippen LogP contribution is 2.37. The summed E-state index contributed by atoms with van der Waals surface area (Å²) in [6.45, 7) is 1.09. The minimum atomic E-state index is -0.417. The third-order valence-corrected chi connectivity index (χ3v) is 2.92. The van der Waals surface area contributed by atoms with Crippen molar-refractivity contribution in [3.05, 3.63) is 23.8 Å². The number of quaternary nitrogens is 1. The molecule has 0 saturated heterocycles. The molecule has 0 amide bonds. The molecule has 0 spiro atoms. The van der Waals surface area contributed by atoms with Crippen LogP contribution < -0.4 is 26.5 Å². The molecule has 0 atom stereocenters. The van der Waals surface area contributed by atoms with Crippen molar-refractivity contribution in [2.45, 2.75) is 0 Å². The van der Waals surface area contributed by atoms with E-state index in [1.165, 1.54) is 20.3 Å². The molecule has 1 rings (SSSR count). The smallest absolute Gasteiger partial charge is 0.330 e. The third-order valence-electron chi connectivity index (χ3n) is 2.92. The lowest BCUT2D eigenvalue weighted by Gasteiger charge is -2.23. The predicted octanol–water partition coefficient (Wildman–Crippen LogP) is -3.80. The minimum absolute atomic E-state index is 0. The van der Waals surface area contributed by atoms with Crippen LogP contribution in [0.15, 0.2) is 18.2 Å². The predicted molar refractivity (Wildman–Crippen MR) is 94.9 cm³/mol. The van der Waals surface area contributed by atoms with E-state index in [1.54, 1.807) is 18.2 Å². The summed E-state index contributed by atoms with van der Waals surface area (Å²) in [5.74, 6) is 0.0573. The van der Waals surface area contributed by atoms with Crippen LogP contribution in [-0.2, 0) is 9.53 Å². The SMILES string of the molecule is COc1cc(/C=C/C(=O)OCC[N+](C)(C)C)cc(OC)c1O.O.O.O.[Br-].